The molecule has 3 aliphatic heterocycles. The van der Waals surface area contributed by atoms with Gasteiger partial charge in [-0.3, -0.25) is 0 Å². The zero-order valence-corrected chi connectivity index (χ0v) is 28.9. The van der Waals surface area contributed by atoms with Crippen molar-refractivity contribution < 1.29 is 20.3 Å². The molecule has 5 aliphatic rings. The molecule has 0 N–H and O–H groups in total. The van der Waals surface area contributed by atoms with Gasteiger partial charge in [0, 0.05) is 0 Å². The molecule has 6 heteroatoms. The maximum absolute atomic E-state index is 4.26. The molecule has 0 radical (unpaired) electrons. The average Bonchev–Trinajstić information content (AvgIpc) is 3.56. The Morgan fingerprint density at radius 3 is 1.44 bits per heavy atom. The first-order valence-corrected chi connectivity index (χ1v) is 23.6. The van der Waals surface area contributed by atoms with Crippen LogP contribution in [0.2, 0.25) is 13.1 Å². The van der Waals surface area contributed by atoms with Crippen LogP contribution in [-0.4, -0.2) is 18.6 Å². The Morgan fingerprint density at radius 2 is 1.06 bits per heavy atom. The van der Waals surface area contributed by atoms with Crippen LogP contribution < -0.4 is 6.54 Å². The van der Waals surface area contributed by atoms with Crippen molar-refractivity contribution in [2.45, 2.75) is 37.4 Å². The van der Waals surface area contributed by atoms with Gasteiger partial charge >= 0.3 is 247 Å². The van der Waals surface area contributed by atoms with Gasteiger partial charge in [0.15, 0.2) is 0 Å². The van der Waals surface area contributed by atoms with Crippen molar-refractivity contribution >= 4 is 70.0 Å². The molecule has 1 saturated heterocycles. The molecule has 0 saturated carbocycles. The van der Waals surface area contributed by atoms with Gasteiger partial charge in [-0.25, -0.2) is 0 Å². The van der Waals surface area contributed by atoms with Crippen LogP contribution in [0, 0.1) is 0 Å². The topological polar surface area (TPSA) is 0 Å². The van der Waals surface area contributed by atoms with E-state index in [-0.39, 0.29) is 0 Å². The zero-order chi connectivity index (χ0) is 25.0. The minimum absolute atomic E-state index is 0.450. The SMILES string of the molecule is CC1=C2C3S[C](=C(Br)C3=C1)[Zr]([c]1ccccc1)([c]1ccccc1)[C]1=C(Br)C3=CC(C)=C(C3S1)[Si]2(C)C. The zero-order valence-electron chi connectivity index (χ0n) is 20.7. The van der Waals surface area contributed by atoms with E-state index in [9.17, 15) is 0 Å². The van der Waals surface area contributed by atoms with Gasteiger partial charge < -0.3 is 0 Å². The molecule has 7 rings (SSSR count). The van der Waals surface area contributed by atoms with E-state index in [4.69, 9.17) is 0 Å². The number of hydrogen-bond donors (Lipinski definition) is 0. The van der Waals surface area contributed by atoms with Gasteiger partial charge in [-0.05, 0) is 0 Å². The van der Waals surface area contributed by atoms with E-state index in [0.717, 1.165) is 0 Å². The number of benzene rings is 2. The number of allylic oxidation sites excluding steroid dienone is 6. The molecule has 0 nitrogen and oxygen atoms in total. The van der Waals surface area contributed by atoms with Crippen molar-refractivity contribution in [3.05, 3.63) is 120 Å². The van der Waals surface area contributed by atoms with Gasteiger partial charge in [-0.15, -0.1) is 0 Å². The summed E-state index contributed by atoms with van der Waals surface area (Å²) in [5, 5.41) is 4.38. The molecule has 0 aromatic heterocycles. The van der Waals surface area contributed by atoms with Crippen LogP contribution >= 0.6 is 55.4 Å². The van der Waals surface area contributed by atoms with Crippen molar-refractivity contribution in [1.29, 1.82) is 0 Å². The molecular weight excluding hydrogens is 704 g/mol. The van der Waals surface area contributed by atoms with Gasteiger partial charge in [-0.1, -0.05) is 0 Å². The standard InChI is InChI=1S/C18H16Br2S2Si.2C6H5.Zr/c1-9-5-11-13(19)7-21-15(11)17(9)23(3,4)18-10(2)6-12-14(20)8-22-16(12)18;2*1-2-4-6-5-3-1;/h5-6,15-16H,1-4H3;2*1-5H;. The Kier molecular flexibility index (Phi) is 5.87. The minimum atomic E-state index is -3.67. The van der Waals surface area contributed by atoms with Gasteiger partial charge in [0.05, 0.1) is 0 Å². The third kappa shape index (κ3) is 3.09. The van der Waals surface area contributed by atoms with E-state index in [2.05, 4.69) is 155 Å². The van der Waals surface area contributed by atoms with Crippen molar-refractivity contribution in [1.82, 2.24) is 0 Å². The molecule has 0 amide bonds. The fraction of sp³-hybridized carbons (Fsp3) is 0.200. The molecule has 0 spiro atoms. The van der Waals surface area contributed by atoms with Gasteiger partial charge in [-0.2, -0.15) is 0 Å². The van der Waals surface area contributed by atoms with Crippen LogP contribution in [-0.2, 0) is 20.3 Å². The predicted octanol–water partition coefficient (Wildman–Crippen LogP) is 8.46. The number of fused-ring (bicyclic) bond motifs is 2. The summed E-state index contributed by atoms with van der Waals surface area (Å²) in [7, 11) is -1.87. The maximum atomic E-state index is 4.26. The van der Waals surface area contributed by atoms with Crippen LogP contribution in [0.5, 0.6) is 0 Å². The second kappa shape index (κ2) is 8.57. The van der Waals surface area contributed by atoms with Gasteiger partial charge in [0.25, 0.3) is 0 Å². The average molecular weight is 730 g/mol. The van der Waals surface area contributed by atoms with E-state index in [1.165, 1.54) is 31.3 Å². The third-order valence-corrected chi connectivity index (χ3v) is 35.2. The Labute approximate surface area is 244 Å². The fourth-order valence-electron chi connectivity index (χ4n) is 7.16. The first kappa shape index (κ1) is 24.7. The Bertz CT molecular complexity index is 1430. The van der Waals surface area contributed by atoms with Crippen LogP contribution in [0.1, 0.15) is 13.8 Å². The third-order valence-electron chi connectivity index (χ3n) is 8.50. The summed E-state index contributed by atoms with van der Waals surface area (Å²) in [5.74, 6) is 0. The van der Waals surface area contributed by atoms with Crippen LogP contribution in [0.3, 0.4) is 0 Å². The summed E-state index contributed by atoms with van der Waals surface area (Å²) in [4.78, 5) is 0. The van der Waals surface area contributed by atoms with Gasteiger partial charge in [0.1, 0.15) is 0 Å². The van der Waals surface area contributed by atoms with E-state index in [0.29, 0.717) is 10.5 Å². The normalized spacial score (nSPS) is 27.3. The molecule has 2 atom stereocenters. The quantitative estimate of drug-likeness (QED) is 0.285. The van der Waals surface area contributed by atoms with Crippen molar-refractivity contribution in [2.75, 3.05) is 0 Å². The van der Waals surface area contributed by atoms with E-state index in [1.54, 1.807) is 22.2 Å². The van der Waals surface area contributed by atoms with Crippen molar-refractivity contribution in [3.63, 3.8) is 0 Å². The fourth-order valence-corrected chi connectivity index (χ4v) is 39.2. The number of rotatable bonds is 2. The number of halogens is 2. The van der Waals surface area contributed by atoms with E-state index < -0.39 is 28.3 Å². The summed E-state index contributed by atoms with van der Waals surface area (Å²) >= 11 is 9.23. The molecule has 36 heavy (non-hydrogen) atoms. The molecule has 4 bridgehead atoms. The summed E-state index contributed by atoms with van der Waals surface area (Å²) in [6.45, 7) is 9.97. The molecule has 1 fully saturated rings. The summed E-state index contributed by atoms with van der Waals surface area (Å²) in [6.07, 6.45) is 5.04. The van der Waals surface area contributed by atoms with E-state index >= 15 is 0 Å². The van der Waals surface area contributed by atoms with Gasteiger partial charge in [0.2, 0.25) is 0 Å². The Balaban J connectivity index is 1.65. The predicted molar refractivity (Wildman–Crippen MR) is 166 cm³/mol. The van der Waals surface area contributed by atoms with E-state index in [1.807, 2.05) is 0 Å². The Morgan fingerprint density at radius 1 is 0.667 bits per heavy atom. The molecule has 2 unspecified atom stereocenters. The van der Waals surface area contributed by atoms with Crippen molar-refractivity contribution in [3.8, 4) is 0 Å². The summed E-state index contributed by atoms with van der Waals surface area (Å²) < 4.78 is 9.12. The van der Waals surface area contributed by atoms with Crippen molar-refractivity contribution in [2.24, 2.45) is 0 Å². The van der Waals surface area contributed by atoms with Crippen LogP contribution in [0.25, 0.3) is 0 Å². The molecule has 180 valence electrons. The summed E-state index contributed by atoms with van der Waals surface area (Å²) in [6, 6.07) is 23.0. The second-order valence-electron chi connectivity index (χ2n) is 10.8. The molecule has 2 aromatic rings. The first-order valence-electron chi connectivity index (χ1n) is 12.4. The molecule has 2 aromatic carbocycles. The first-order chi connectivity index (χ1) is 17.3. The number of thioether (sulfide) groups is 2. The second-order valence-corrected chi connectivity index (χ2v) is 29.7. The molecule has 3 heterocycles. The monoisotopic (exact) mass is 726 g/mol. The Hall–Kier alpha value is -0.360. The van der Waals surface area contributed by atoms with Crippen LogP contribution in [0.4, 0.5) is 0 Å². The summed E-state index contributed by atoms with van der Waals surface area (Å²) in [5.41, 5.74) is 6.06. The molecule has 2 aliphatic carbocycles. The molecular formula is C30H26Br2S2SiZr. The van der Waals surface area contributed by atoms with Crippen LogP contribution in [0.15, 0.2) is 120 Å². The number of hydrogen-bond acceptors (Lipinski definition) is 2.